The van der Waals surface area contributed by atoms with Crippen molar-refractivity contribution in [3.63, 3.8) is 0 Å². The number of carbonyl (C=O) groups excluding carboxylic acids is 1. The first kappa shape index (κ1) is 15.1. The molecule has 5 heteroatoms. The number of ether oxygens (including phenoxy) is 1. The summed E-state index contributed by atoms with van der Waals surface area (Å²) in [5, 5.41) is 2.61. The van der Waals surface area contributed by atoms with E-state index in [1.807, 2.05) is 20.8 Å². The van der Waals surface area contributed by atoms with E-state index >= 15 is 0 Å². The zero-order valence-electron chi connectivity index (χ0n) is 10.7. The summed E-state index contributed by atoms with van der Waals surface area (Å²) in [6.45, 7) is 5.73. The third-order valence-corrected chi connectivity index (χ3v) is 2.61. The van der Waals surface area contributed by atoms with Crippen LogP contribution in [0.2, 0.25) is 0 Å². The van der Waals surface area contributed by atoms with Crippen molar-refractivity contribution in [2.24, 2.45) is 0 Å². The number of rotatable bonds is 4. The second-order valence-electron chi connectivity index (χ2n) is 4.91. The second-order valence-corrected chi connectivity index (χ2v) is 5.83. The first-order chi connectivity index (χ1) is 8.28. The lowest BCUT2D eigenvalue weighted by Crippen LogP contribution is -2.31. The molecule has 18 heavy (non-hydrogen) atoms. The minimum Gasteiger partial charge on any atom is -0.366 e. The Labute approximate surface area is 115 Å². The van der Waals surface area contributed by atoms with Gasteiger partial charge in [0, 0.05) is 16.6 Å². The van der Waals surface area contributed by atoms with Crippen molar-refractivity contribution >= 4 is 21.8 Å². The second kappa shape index (κ2) is 6.29. The summed E-state index contributed by atoms with van der Waals surface area (Å²) >= 11 is 3.26. The maximum absolute atomic E-state index is 13.4. The number of amides is 1. The maximum Gasteiger partial charge on any atom is 0.246 e. The molecule has 0 aliphatic heterocycles. The lowest BCUT2D eigenvalue weighted by atomic mass is 10.2. The van der Waals surface area contributed by atoms with Gasteiger partial charge in [0.25, 0.3) is 0 Å². The minimum atomic E-state index is -0.363. The van der Waals surface area contributed by atoms with Crippen molar-refractivity contribution in [2.45, 2.75) is 32.9 Å². The largest absolute Gasteiger partial charge is 0.366 e. The molecular formula is C13H17BrFNO2. The fourth-order valence-electron chi connectivity index (χ4n) is 1.21. The van der Waals surface area contributed by atoms with Crippen molar-refractivity contribution < 1.29 is 13.9 Å². The average Bonchev–Trinajstić information content (AvgIpc) is 2.26. The van der Waals surface area contributed by atoms with E-state index in [1.54, 1.807) is 12.1 Å². The lowest BCUT2D eigenvalue weighted by molar-refractivity contribution is -0.130. The molecule has 1 rings (SSSR count). The van der Waals surface area contributed by atoms with E-state index in [0.717, 1.165) is 4.47 Å². The highest BCUT2D eigenvalue weighted by Gasteiger charge is 2.13. The minimum absolute atomic E-state index is 0.0286. The van der Waals surface area contributed by atoms with Gasteiger partial charge in [-0.15, -0.1) is 0 Å². The molecule has 1 aromatic rings. The molecule has 100 valence electrons. The number of nitrogens with one attached hydrogen (secondary N) is 1. The van der Waals surface area contributed by atoms with Crippen LogP contribution in [0.25, 0.3) is 0 Å². The third-order valence-electron chi connectivity index (χ3n) is 2.12. The summed E-state index contributed by atoms with van der Waals surface area (Å²) in [7, 11) is 0. The summed E-state index contributed by atoms with van der Waals surface area (Å²) in [4.78, 5) is 11.5. The van der Waals surface area contributed by atoms with Gasteiger partial charge in [0.1, 0.15) is 12.4 Å². The van der Waals surface area contributed by atoms with Gasteiger partial charge in [0.15, 0.2) is 0 Å². The molecule has 0 radical (unpaired) electrons. The molecule has 0 saturated carbocycles. The highest BCUT2D eigenvalue weighted by molar-refractivity contribution is 9.10. The van der Waals surface area contributed by atoms with Gasteiger partial charge in [-0.05, 0) is 39.0 Å². The zero-order chi connectivity index (χ0) is 13.8. The molecule has 0 aromatic heterocycles. The molecular weight excluding hydrogens is 301 g/mol. The number of carbonyl (C=O) groups is 1. The van der Waals surface area contributed by atoms with Gasteiger partial charge in [-0.25, -0.2) is 4.39 Å². The van der Waals surface area contributed by atoms with Gasteiger partial charge < -0.3 is 10.1 Å². The Balaban J connectivity index is 2.45. The van der Waals surface area contributed by atoms with Gasteiger partial charge in [0.2, 0.25) is 5.91 Å². The Morgan fingerprint density at radius 3 is 2.72 bits per heavy atom. The van der Waals surface area contributed by atoms with Crippen LogP contribution in [0, 0.1) is 5.82 Å². The van der Waals surface area contributed by atoms with E-state index in [-0.39, 0.29) is 30.5 Å². The van der Waals surface area contributed by atoms with E-state index in [2.05, 4.69) is 21.2 Å². The van der Waals surface area contributed by atoms with Gasteiger partial charge >= 0.3 is 0 Å². The molecule has 1 aromatic carbocycles. The number of hydrogen-bond acceptors (Lipinski definition) is 2. The molecule has 1 N–H and O–H groups in total. The molecule has 0 aliphatic carbocycles. The highest BCUT2D eigenvalue weighted by Crippen LogP contribution is 2.15. The fourth-order valence-corrected chi connectivity index (χ4v) is 1.61. The molecule has 3 nitrogen and oxygen atoms in total. The van der Waals surface area contributed by atoms with Crippen molar-refractivity contribution in [1.82, 2.24) is 5.32 Å². The van der Waals surface area contributed by atoms with Crippen LogP contribution in [0.5, 0.6) is 0 Å². The van der Waals surface area contributed by atoms with E-state index in [1.165, 1.54) is 6.07 Å². The zero-order valence-corrected chi connectivity index (χ0v) is 12.3. The molecule has 0 unspecified atom stereocenters. The molecule has 1 amide bonds. The van der Waals surface area contributed by atoms with Gasteiger partial charge in [-0.3, -0.25) is 4.79 Å². The number of hydrogen-bond donors (Lipinski definition) is 1. The predicted molar refractivity (Wildman–Crippen MR) is 71.7 cm³/mol. The predicted octanol–water partition coefficient (Wildman–Crippen LogP) is 3.02. The van der Waals surface area contributed by atoms with Crippen LogP contribution >= 0.6 is 15.9 Å². The van der Waals surface area contributed by atoms with Crippen LogP contribution < -0.4 is 5.32 Å². The van der Waals surface area contributed by atoms with Crippen LogP contribution in [0.1, 0.15) is 26.3 Å². The Morgan fingerprint density at radius 2 is 2.11 bits per heavy atom. The molecule has 0 spiro atoms. The summed E-state index contributed by atoms with van der Waals surface area (Å²) in [5.74, 6) is -0.598. The van der Waals surface area contributed by atoms with Crippen LogP contribution in [-0.2, 0) is 16.1 Å². The molecule has 0 heterocycles. The van der Waals surface area contributed by atoms with E-state index in [9.17, 15) is 9.18 Å². The molecule has 0 atom stereocenters. The van der Waals surface area contributed by atoms with Gasteiger partial charge in [-0.2, -0.15) is 0 Å². The monoisotopic (exact) mass is 317 g/mol. The van der Waals surface area contributed by atoms with Crippen LogP contribution in [0.3, 0.4) is 0 Å². The van der Waals surface area contributed by atoms with Gasteiger partial charge in [-0.1, -0.05) is 15.9 Å². The van der Waals surface area contributed by atoms with Gasteiger partial charge in [0.05, 0.1) is 5.60 Å². The Hall–Kier alpha value is -0.940. The quantitative estimate of drug-likeness (QED) is 0.927. The summed E-state index contributed by atoms with van der Waals surface area (Å²) in [5.41, 5.74) is 0.0757. The lowest BCUT2D eigenvalue weighted by Gasteiger charge is -2.19. The fraction of sp³-hybridized carbons (Fsp3) is 0.462. The highest BCUT2D eigenvalue weighted by atomic mass is 79.9. The topological polar surface area (TPSA) is 38.3 Å². The third kappa shape index (κ3) is 5.60. The molecule has 0 aliphatic rings. The van der Waals surface area contributed by atoms with Crippen molar-refractivity contribution in [3.05, 3.63) is 34.1 Å². The first-order valence-corrected chi connectivity index (χ1v) is 6.42. The Morgan fingerprint density at radius 1 is 1.44 bits per heavy atom. The van der Waals surface area contributed by atoms with Crippen LogP contribution in [0.4, 0.5) is 4.39 Å². The Kier molecular flexibility index (Phi) is 5.28. The van der Waals surface area contributed by atoms with Crippen molar-refractivity contribution in [1.29, 1.82) is 0 Å². The van der Waals surface area contributed by atoms with E-state index in [4.69, 9.17) is 4.74 Å². The molecule has 0 bridgehead atoms. The number of halogens is 2. The van der Waals surface area contributed by atoms with Crippen molar-refractivity contribution in [2.75, 3.05) is 6.61 Å². The standard InChI is InChI=1S/C13H17BrFNO2/c1-13(2,3)18-8-12(17)16-7-9-6-10(14)4-5-11(9)15/h4-6H,7-8H2,1-3H3,(H,16,17). The SMILES string of the molecule is CC(C)(C)OCC(=O)NCc1cc(Br)ccc1F. The average molecular weight is 318 g/mol. The van der Waals surface area contributed by atoms with E-state index in [0.29, 0.717) is 5.56 Å². The number of benzene rings is 1. The molecule has 0 saturated heterocycles. The summed E-state index contributed by atoms with van der Waals surface area (Å²) < 4.78 is 19.5. The Bertz CT molecular complexity index is 429. The summed E-state index contributed by atoms with van der Waals surface area (Å²) in [6.07, 6.45) is 0. The van der Waals surface area contributed by atoms with E-state index < -0.39 is 0 Å². The summed E-state index contributed by atoms with van der Waals surface area (Å²) in [6, 6.07) is 4.61. The first-order valence-electron chi connectivity index (χ1n) is 5.62. The van der Waals surface area contributed by atoms with Crippen LogP contribution in [-0.4, -0.2) is 18.1 Å². The van der Waals surface area contributed by atoms with Crippen LogP contribution in [0.15, 0.2) is 22.7 Å². The molecule has 0 fully saturated rings. The van der Waals surface area contributed by atoms with Crippen molar-refractivity contribution in [3.8, 4) is 0 Å². The maximum atomic E-state index is 13.4. The normalized spacial score (nSPS) is 11.4. The smallest absolute Gasteiger partial charge is 0.246 e.